The third kappa shape index (κ3) is 1.24. The van der Waals surface area contributed by atoms with Crippen molar-refractivity contribution in [3.63, 3.8) is 0 Å². The Morgan fingerprint density at radius 3 is 2.45 bits per heavy atom. The van der Waals surface area contributed by atoms with E-state index in [1.54, 1.807) is 0 Å². The monoisotopic (exact) mass is 262 g/mol. The zero-order valence-electron chi connectivity index (χ0n) is 12.4. The van der Waals surface area contributed by atoms with Crippen LogP contribution in [0.4, 0.5) is 0 Å². The van der Waals surface area contributed by atoms with Crippen molar-refractivity contribution >= 4 is 32.7 Å². The van der Waals surface area contributed by atoms with Crippen LogP contribution in [-0.4, -0.2) is 9.13 Å². The van der Waals surface area contributed by atoms with Crippen LogP contribution in [0, 0.1) is 13.8 Å². The molecule has 0 aliphatic carbocycles. The first-order valence-electron chi connectivity index (χ1n) is 7.02. The van der Waals surface area contributed by atoms with Gasteiger partial charge in [0.25, 0.3) is 0 Å². The highest BCUT2D eigenvalue weighted by Gasteiger charge is 2.15. The van der Waals surface area contributed by atoms with E-state index in [9.17, 15) is 0 Å². The molecule has 0 spiro atoms. The second-order valence-electron chi connectivity index (χ2n) is 5.79. The quantitative estimate of drug-likeness (QED) is 0.443. The minimum absolute atomic E-state index is 1.30. The molecule has 2 aromatic heterocycles. The lowest BCUT2D eigenvalue weighted by atomic mass is 10.0. The van der Waals surface area contributed by atoms with Crippen molar-refractivity contribution in [3.8, 4) is 0 Å². The van der Waals surface area contributed by atoms with Crippen LogP contribution in [-0.2, 0) is 14.1 Å². The summed E-state index contributed by atoms with van der Waals surface area (Å²) in [6.07, 6.45) is 2.22. The van der Waals surface area contributed by atoms with Crippen molar-refractivity contribution in [2.45, 2.75) is 13.8 Å². The molecule has 0 saturated carbocycles. The van der Waals surface area contributed by atoms with Gasteiger partial charge in [0.05, 0.1) is 5.52 Å². The summed E-state index contributed by atoms with van der Waals surface area (Å²) in [4.78, 5) is 0. The van der Waals surface area contributed by atoms with Gasteiger partial charge in [-0.1, -0.05) is 18.2 Å². The van der Waals surface area contributed by atoms with Crippen molar-refractivity contribution in [3.05, 3.63) is 47.7 Å². The number of benzene rings is 2. The number of para-hydroxylation sites is 1. The third-order valence-electron chi connectivity index (χ3n) is 4.58. The normalized spacial score (nSPS) is 12.0. The molecule has 4 aromatic rings. The van der Waals surface area contributed by atoms with Crippen LogP contribution in [0.25, 0.3) is 32.7 Å². The minimum atomic E-state index is 1.30. The van der Waals surface area contributed by atoms with Crippen LogP contribution in [0.1, 0.15) is 11.1 Å². The van der Waals surface area contributed by atoms with E-state index in [0.29, 0.717) is 0 Å². The van der Waals surface area contributed by atoms with Crippen molar-refractivity contribution in [2.24, 2.45) is 14.1 Å². The molecule has 2 heteroatoms. The van der Waals surface area contributed by atoms with Gasteiger partial charge in [-0.15, -0.1) is 0 Å². The summed E-state index contributed by atoms with van der Waals surface area (Å²) in [7, 11) is 4.30. The van der Waals surface area contributed by atoms with Gasteiger partial charge in [-0.3, -0.25) is 0 Å². The Morgan fingerprint density at radius 2 is 1.65 bits per heavy atom. The van der Waals surface area contributed by atoms with E-state index in [1.807, 2.05) is 0 Å². The van der Waals surface area contributed by atoms with E-state index in [2.05, 4.69) is 73.6 Å². The first-order valence-corrected chi connectivity index (χ1v) is 7.02. The standard InChI is InChI=1S/C18H18N2/c1-11-10-19(3)16-9-14-13-7-5-6-8-15(13)20(4)18(14)12(2)17(11)16/h5-10H,1-4H3. The van der Waals surface area contributed by atoms with Gasteiger partial charge in [0.15, 0.2) is 0 Å². The molecule has 2 aromatic carbocycles. The molecule has 4 rings (SSSR count). The third-order valence-corrected chi connectivity index (χ3v) is 4.58. The maximum absolute atomic E-state index is 2.34. The van der Waals surface area contributed by atoms with Crippen molar-refractivity contribution < 1.29 is 0 Å². The van der Waals surface area contributed by atoms with Gasteiger partial charge in [0, 0.05) is 47.5 Å². The number of aryl methyl sites for hydroxylation is 4. The minimum Gasteiger partial charge on any atom is -0.350 e. The van der Waals surface area contributed by atoms with Gasteiger partial charge >= 0.3 is 0 Å². The largest absolute Gasteiger partial charge is 0.350 e. The van der Waals surface area contributed by atoms with E-state index in [-0.39, 0.29) is 0 Å². The molecule has 2 nitrogen and oxygen atoms in total. The molecular formula is C18H18N2. The molecule has 0 aliphatic rings. The Balaban J connectivity index is 2.39. The second kappa shape index (κ2) is 3.66. The second-order valence-corrected chi connectivity index (χ2v) is 5.79. The van der Waals surface area contributed by atoms with Crippen molar-refractivity contribution in [1.82, 2.24) is 9.13 Å². The number of fused-ring (bicyclic) bond motifs is 4. The highest BCUT2D eigenvalue weighted by atomic mass is 15.0. The maximum atomic E-state index is 2.34. The van der Waals surface area contributed by atoms with Crippen LogP contribution in [0.5, 0.6) is 0 Å². The van der Waals surface area contributed by atoms with E-state index in [0.717, 1.165) is 0 Å². The molecule has 20 heavy (non-hydrogen) atoms. The lowest BCUT2D eigenvalue weighted by Crippen LogP contribution is -1.91. The SMILES string of the molecule is Cc1cn(C)c2cc3c4ccccc4n(C)c3c(C)c12. The molecule has 0 fully saturated rings. The van der Waals surface area contributed by atoms with E-state index in [4.69, 9.17) is 0 Å². The highest BCUT2D eigenvalue weighted by molar-refractivity contribution is 6.14. The average molecular weight is 262 g/mol. The van der Waals surface area contributed by atoms with Crippen LogP contribution in [0.3, 0.4) is 0 Å². The van der Waals surface area contributed by atoms with Gasteiger partial charge < -0.3 is 9.13 Å². The zero-order chi connectivity index (χ0) is 14.0. The number of hydrogen-bond acceptors (Lipinski definition) is 0. The van der Waals surface area contributed by atoms with E-state index >= 15 is 0 Å². The summed E-state index contributed by atoms with van der Waals surface area (Å²) in [6, 6.07) is 11.0. The van der Waals surface area contributed by atoms with Crippen LogP contribution in [0.2, 0.25) is 0 Å². The zero-order valence-corrected chi connectivity index (χ0v) is 12.4. The Labute approximate surface area is 118 Å². The summed E-state index contributed by atoms with van der Waals surface area (Å²) in [5.74, 6) is 0. The molecule has 100 valence electrons. The summed E-state index contributed by atoms with van der Waals surface area (Å²) in [5, 5.41) is 4.09. The predicted octanol–water partition coefficient (Wildman–Crippen LogP) is 4.44. The first-order chi connectivity index (χ1) is 9.59. The Hall–Kier alpha value is -2.22. The van der Waals surface area contributed by atoms with Gasteiger partial charge in [0.1, 0.15) is 0 Å². The fourth-order valence-corrected chi connectivity index (χ4v) is 3.74. The fraction of sp³-hybridized carbons (Fsp3) is 0.222. The number of hydrogen-bond donors (Lipinski definition) is 0. The highest BCUT2D eigenvalue weighted by Crippen LogP contribution is 2.36. The van der Waals surface area contributed by atoms with E-state index in [1.165, 1.54) is 43.8 Å². The average Bonchev–Trinajstić information content (AvgIpc) is 2.88. The van der Waals surface area contributed by atoms with Crippen LogP contribution >= 0.6 is 0 Å². The summed E-state index contributed by atoms with van der Waals surface area (Å²) < 4.78 is 4.56. The molecule has 0 unspecified atom stereocenters. The van der Waals surface area contributed by atoms with Crippen molar-refractivity contribution in [2.75, 3.05) is 0 Å². The number of rotatable bonds is 0. The van der Waals surface area contributed by atoms with E-state index < -0.39 is 0 Å². The molecule has 0 radical (unpaired) electrons. The number of nitrogens with zero attached hydrogens (tertiary/aromatic N) is 2. The van der Waals surface area contributed by atoms with Gasteiger partial charge in [-0.2, -0.15) is 0 Å². The van der Waals surface area contributed by atoms with Gasteiger partial charge in [-0.05, 0) is 37.1 Å². The molecule has 2 heterocycles. The number of aromatic nitrogens is 2. The molecule has 0 N–H and O–H groups in total. The Bertz CT molecular complexity index is 983. The molecule has 0 atom stereocenters. The Morgan fingerprint density at radius 1 is 0.900 bits per heavy atom. The predicted molar refractivity (Wildman–Crippen MR) is 86.4 cm³/mol. The van der Waals surface area contributed by atoms with Crippen molar-refractivity contribution in [1.29, 1.82) is 0 Å². The summed E-state index contributed by atoms with van der Waals surface area (Å²) >= 11 is 0. The lowest BCUT2D eigenvalue weighted by molar-refractivity contribution is 0.964. The molecule has 0 amide bonds. The lowest BCUT2D eigenvalue weighted by Gasteiger charge is -2.06. The van der Waals surface area contributed by atoms with Crippen LogP contribution < -0.4 is 0 Å². The maximum Gasteiger partial charge on any atom is 0.0526 e. The van der Waals surface area contributed by atoms with Gasteiger partial charge in [-0.25, -0.2) is 0 Å². The van der Waals surface area contributed by atoms with Gasteiger partial charge in [0.2, 0.25) is 0 Å². The summed E-state index contributed by atoms with van der Waals surface area (Å²) in [6.45, 7) is 4.44. The fourth-order valence-electron chi connectivity index (χ4n) is 3.74. The molecular weight excluding hydrogens is 244 g/mol. The molecule has 0 saturated heterocycles. The van der Waals surface area contributed by atoms with Crippen LogP contribution in [0.15, 0.2) is 36.5 Å². The molecule has 0 bridgehead atoms. The topological polar surface area (TPSA) is 9.86 Å². The Kier molecular flexibility index (Phi) is 2.12. The molecule has 0 aliphatic heterocycles. The summed E-state index contributed by atoms with van der Waals surface area (Å²) in [5.41, 5.74) is 6.72. The smallest absolute Gasteiger partial charge is 0.0526 e. The first kappa shape index (κ1) is 11.6.